The standard InChI is InChI=1S/C15H14N2O3S/c1-11-9-16-15(20-11)10-17-21(18,19)14-8-4-6-12-5-2-3-7-13(12)14/h2-9,17H,10H2,1H3. The van der Waals surface area contributed by atoms with Crippen molar-refractivity contribution in [1.29, 1.82) is 0 Å². The minimum absolute atomic E-state index is 0.0272. The van der Waals surface area contributed by atoms with Gasteiger partial charge >= 0.3 is 0 Å². The summed E-state index contributed by atoms with van der Waals surface area (Å²) < 4.78 is 32.7. The number of nitrogens with zero attached hydrogens (tertiary/aromatic N) is 1. The van der Waals surface area contributed by atoms with E-state index in [0.29, 0.717) is 17.0 Å². The van der Waals surface area contributed by atoms with Crippen molar-refractivity contribution in [3.8, 4) is 0 Å². The zero-order chi connectivity index (χ0) is 14.9. The average Bonchev–Trinajstić information content (AvgIpc) is 2.90. The largest absolute Gasteiger partial charge is 0.445 e. The quantitative estimate of drug-likeness (QED) is 0.804. The van der Waals surface area contributed by atoms with Crippen LogP contribution in [0, 0.1) is 6.92 Å². The summed E-state index contributed by atoms with van der Waals surface area (Å²) in [6.45, 7) is 1.79. The molecule has 1 heterocycles. The molecule has 0 radical (unpaired) electrons. The molecule has 0 amide bonds. The van der Waals surface area contributed by atoms with E-state index in [4.69, 9.17) is 4.42 Å². The SMILES string of the molecule is Cc1cnc(CNS(=O)(=O)c2cccc3ccccc23)o1. The number of nitrogens with one attached hydrogen (secondary N) is 1. The van der Waals surface area contributed by atoms with Gasteiger partial charge in [0.15, 0.2) is 0 Å². The van der Waals surface area contributed by atoms with Crippen LogP contribution in [0.2, 0.25) is 0 Å². The first-order valence-corrected chi connectivity index (χ1v) is 7.93. The Morgan fingerprint density at radius 3 is 2.67 bits per heavy atom. The second-order valence-corrected chi connectivity index (χ2v) is 6.40. The highest BCUT2D eigenvalue weighted by atomic mass is 32.2. The molecule has 21 heavy (non-hydrogen) atoms. The lowest BCUT2D eigenvalue weighted by molar-refractivity contribution is 0.463. The fourth-order valence-corrected chi connectivity index (χ4v) is 3.35. The molecule has 0 saturated heterocycles. The molecule has 0 atom stereocenters. The van der Waals surface area contributed by atoms with Crippen molar-refractivity contribution in [2.45, 2.75) is 18.4 Å². The Balaban J connectivity index is 1.93. The molecule has 0 unspecified atom stereocenters. The number of hydrogen-bond acceptors (Lipinski definition) is 4. The first-order chi connectivity index (χ1) is 10.1. The fraction of sp³-hybridized carbons (Fsp3) is 0.133. The highest BCUT2D eigenvalue weighted by Crippen LogP contribution is 2.22. The lowest BCUT2D eigenvalue weighted by atomic mass is 10.1. The lowest BCUT2D eigenvalue weighted by Gasteiger charge is -2.08. The van der Waals surface area contributed by atoms with Gasteiger partial charge in [0.1, 0.15) is 5.76 Å². The van der Waals surface area contributed by atoms with Crippen LogP contribution in [0.25, 0.3) is 10.8 Å². The Labute approximate surface area is 122 Å². The lowest BCUT2D eigenvalue weighted by Crippen LogP contribution is -2.23. The number of hydrogen-bond donors (Lipinski definition) is 1. The maximum Gasteiger partial charge on any atom is 0.241 e. The van der Waals surface area contributed by atoms with Crippen LogP contribution in [-0.4, -0.2) is 13.4 Å². The van der Waals surface area contributed by atoms with Gasteiger partial charge in [-0.25, -0.2) is 18.1 Å². The molecule has 0 aliphatic rings. The van der Waals surface area contributed by atoms with Crippen LogP contribution in [0.15, 0.2) is 58.0 Å². The summed E-state index contributed by atoms with van der Waals surface area (Å²) in [4.78, 5) is 4.23. The van der Waals surface area contributed by atoms with Crippen molar-refractivity contribution >= 4 is 20.8 Å². The van der Waals surface area contributed by atoms with Gasteiger partial charge in [0, 0.05) is 5.39 Å². The van der Waals surface area contributed by atoms with Gasteiger partial charge in [0.05, 0.1) is 17.6 Å². The minimum atomic E-state index is -3.63. The summed E-state index contributed by atoms with van der Waals surface area (Å²) in [6.07, 6.45) is 1.56. The van der Waals surface area contributed by atoms with Gasteiger partial charge in [-0.05, 0) is 18.4 Å². The molecule has 6 heteroatoms. The van der Waals surface area contributed by atoms with Crippen molar-refractivity contribution in [2.24, 2.45) is 0 Å². The molecule has 0 spiro atoms. The third-order valence-corrected chi connectivity index (χ3v) is 4.58. The van der Waals surface area contributed by atoms with Gasteiger partial charge in [-0.1, -0.05) is 36.4 Å². The Morgan fingerprint density at radius 1 is 1.14 bits per heavy atom. The Kier molecular flexibility index (Phi) is 3.48. The van der Waals surface area contributed by atoms with Gasteiger partial charge in [-0.15, -0.1) is 0 Å². The summed E-state index contributed by atoms with van der Waals surface area (Å²) in [5.41, 5.74) is 0. The maximum atomic E-state index is 12.4. The number of fused-ring (bicyclic) bond motifs is 1. The highest BCUT2D eigenvalue weighted by Gasteiger charge is 2.17. The Hall–Kier alpha value is -2.18. The van der Waals surface area contributed by atoms with E-state index in [1.807, 2.05) is 24.3 Å². The van der Waals surface area contributed by atoms with Crippen molar-refractivity contribution < 1.29 is 12.8 Å². The molecular formula is C15H14N2O3S. The smallest absolute Gasteiger partial charge is 0.241 e. The van der Waals surface area contributed by atoms with Crippen LogP contribution in [0.3, 0.4) is 0 Å². The topological polar surface area (TPSA) is 72.2 Å². The van der Waals surface area contributed by atoms with Gasteiger partial charge in [-0.3, -0.25) is 0 Å². The molecule has 108 valence electrons. The predicted octanol–water partition coefficient (Wildman–Crippen LogP) is 2.61. The van der Waals surface area contributed by atoms with E-state index in [-0.39, 0.29) is 11.4 Å². The molecule has 0 aliphatic heterocycles. The number of aryl methyl sites for hydroxylation is 1. The Morgan fingerprint density at radius 2 is 1.90 bits per heavy atom. The molecule has 0 saturated carbocycles. The minimum Gasteiger partial charge on any atom is -0.445 e. The van der Waals surface area contributed by atoms with E-state index in [1.54, 1.807) is 31.3 Å². The molecule has 3 aromatic rings. The second kappa shape index (κ2) is 5.31. The summed E-state index contributed by atoms with van der Waals surface area (Å²) in [5, 5.41) is 1.57. The monoisotopic (exact) mass is 302 g/mol. The molecule has 0 aliphatic carbocycles. The third-order valence-electron chi connectivity index (χ3n) is 3.12. The number of sulfonamides is 1. The van der Waals surface area contributed by atoms with E-state index in [2.05, 4.69) is 9.71 Å². The van der Waals surface area contributed by atoms with Crippen molar-refractivity contribution in [2.75, 3.05) is 0 Å². The molecule has 5 nitrogen and oxygen atoms in total. The van der Waals surface area contributed by atoms with Crippen LogP contribution >= 0.6 is 0 Å². The molecular weight excluding hydrogens is 288 g/mol. The molecule has 1 N–H and O–H groups in total. The summed E-state index contributed by atoms with van der Waals surface area (Å²) in [6, 6.07) is 12.6. The molecule has 0 bridgehead atoms. The van der Waals surface area contributed by atoms with E-state index in [9.17, 15) is 8.42 Å². The summed E-state index contributed by atoms with van der Waals surface area (Å²) in [7, 11) is -3.63. The predicted molar refractivity (Wildman–Crippen MR) is 79.2 cm³/mol. The summed E-state index contributed by atoms with van der Waals surface area (Å²) in [5.74, 6) is 0.991. The van der Waals surface area contributed by atoms with Crippen LogP contribution in [0.4, 0.5) is 0 Å². The third kappa shape index (κ3) is 2.81. The van der Waals surface area contributed by atoms with Crippen molar-refractivity contribution in [3.63, 3.8) is 0 Å². The van der Waals surface area contributed by atoms with Crippen molar-refractivity contribution in [1.82, 2.24) is 9.71 Å². The zero-order valence-electron chi connectivity index (χ0n) is 11.4. The van der Waals surface area contributed by atoms with Gasteiger partial charge < -0.3 is 4.42 Å². The van der Waals surface area contributed by atoms with Gasteiger partial charge in [-0.2, -0.15) is 0 Å². The second-order valence-electron chi connectivity index (χ2n) is 4.67. The molecule has 1 aromatic heterocycles. The van der Waals surface area contributed by atoms with Gasteiger partial charge in [0.25, 0.3) is 0 Å². The van der Waals surface area contributed by atoms with Gasteiger partial charge in [0.2, 0.25) is 15.9 Å². The maximum absolute atomic E-state index is 12.4. The molecule has 0 fully saturated rings. The first kappa shape index (κ1) is 13.8. The van der Waals surface area contributed by atoms with E-state index >= 15 is 0 Å². The average molecular weight is 302 g/mol. The van der Waals surface area contributed by atoms with Crippen molar-refractivity contribution in [3.05, 3.63) is 60.3 Å². The summed E-state index contributed by atoms with van der Waals surface area (Å²) >= 11 is 0. The van der Waals surface area contributed by atoms with Crippen LogP contribution < -0.4 is 4.72 Å². The number of benzene rings is 2. The Bertz CT molecular complexity index is 879. The number of oxazole rings is 1. The molecule has 3 rings (SSSR count). The normalized spacial score (nSPS) is 11.9. The van der Waals surface area contributed by atoms with Crippen LogP contribution in [-0.2, 0) is 16.6 Å². The number of rotatable bonds is 4. The van der Waals surface area contributed by atoms with Crippen LogP contribution in [0.1, 0.15) is 11.7 Å². The van der Waals surface area contributed by atoms with E-state index in [1.165, 1.54) is 0 Å². The van der Waals surface area contributed by atoms with Crippen LogP contribution in [0.5, 0.6) is 0 Å². The fourth-order valence-electron chi connectivity index (χ4n) is 2.15. The first-order valence-electron chi connectivity index (χ1n) is 6.45. The molecule has 2 aromatic carbocycles. The highest BCUT2D eigenvalue weighted by molar-refractivity contribution is 7.89. The number of aromatic nitrogens is 1. The zero-order valence-corrected chi connectivity index (χ0v) is 12.2. The van der Waals surface area contributed by atoms with E-state index < -0.39 is 10.0 Å². The van der Waals surface area contributed by atoms with E-state index in [0.717, 1.165) is 5.39 Å².